The van der Waals surface area contributed by atoms with E-state index in [1.54, 1.807) is 18.2 Å². The van der Waals surface area contributed by atoms with Gasteiger partial charge in [0, 0.05) is 28.2 Å². The van der Waals surface area contributed by atoms with Gasteiger partial charge >= 0.3 is 0 Å². The summed E-state index contributed by atoms with van der Waals surface area (Å²) in [6, 6.07) is 5.32. The third kappa shape index (κ3) is 3.84. The smallest absolute Gasteiger partial charge is 0.203 e. The van der Waals surface area contributed by atoms with Crippen LogP contribution in [0.5, 0.6) is 0 Å². The molecule has 0 fully saturated rings. The number of hydrogen-bond acceptors (Lipinski definition) is 4. The number of rotatable bonds is 6. The molecule has 0 radical (unpaired) electrons. The van der Waals surface area contributed by atoms with E-state index in [1.807, 2.05) is 41.5 Å². The molecule has 0 aliphatic heterocycles. The fourth-order valence-electron chi connectivity index (χ4n) is 2.59. The van der Waals surface area contributed by atoms with E-state index < -0.39 is 10.8 Å². The first-order valence-electron chi connectivity index (χ1n) is 8.74. The Morgan fingerprint density at radius 3 is 2.28 bits per heavy atom. The normalized spacial score (nSPS) is 12.6. The zero-order valence-corrected chi connectivity index (χ0v) is 16.0. The van der Waals surface area contributed by atoms with Crippen molar-refractivity contribution in [3.63, 3.8) is 0 Å². The Morgan fingerprint density at radius 1 is 1.12 bits per heavy atom. The molecule has 0 atom stereocenters. The molecular formula is C21H28O4. The molecule has 2 aromatic rings. The number of carbonyl (C=O) groups is 2. The van der Waals surface area contributed by atoms with Gasteiger partial charge in [-0.2, -0.15) is 0 Å². The van der Waals surface area contributed by atoms with Crippen molar-refractivity contribution in [1.82, 2.24) is 0 Å². The topological polar surface area (TPSA) is 67.5 Å². The number of hydrogen-bond donors (Lipinski definition) is 1. The molecule has 1 aromatic carbocycles. The number of furan rings is 1. The lowest BCUT2D eigenvalue weighted by Gasteiger charge is -2.21. The predicted molar refractivity (Wildman–Crippen MR) is 98.7 cm³/mol. The molecule has 1 N–H and O–H groups in total. The van der Waals surface area contributed by atoms with Crippen LogP contribution >= 0.6 is 0 Å². The largest absolute Gasteiger partial charge is 0.453 e. The lowest BCUT2D eigenvalue weighted by atomic mass is 9.81. The summed E-state index contributed by atoms with van der Waals surface area (Å²) in [4.78, 5) is 25.6. The number of fused-ring (bicyclic) bond motifs is 1. The van der Waals surface area contributed by atoms with Crippen LogP contribution in [0.1, 0.15) is 69.6 Å². The SMILES string of the molecule is CCC(C)(C)C(=O)Cc1c(C(=O)C(C)(C)C)oc2ccc(CO)cc12. The molecule has 4 nitrogen and oxygen atoms in total. The summed E-state index contributed by atoms with van der Waals surface area (Å²) in [5, 5.41) is 10.2. The predicted octanol–water partition coefficient (Wildman–Crippen LogP) is 4.70. The summed E-state index contributed by atoms with van der Waals surface area (Å²) in [5.41, 5.74) is 0.872. The molecule has 0 aliphatic carbocycles. The van der Waals surface area contributed by atoms with Crippen LogP contribution in [-0.4, -0.2) is 16.7 Å². The molecule has 136 valence electrons. The molecule has 0 saturated carbocycles. The van der Waals surface area contributed by atoms with Gasteiger partial charge in [0.25, 0.3) is 0 Å². The van der Waals surface area contributed by atoms with Gasteiger partial charge in [-0.25, -0.2) is 0 Å². The minimum absolute atomic E-state index is 0.0788. The second-order valence-electron chi connectivity index (χ2n) is 8.31. The first-order valence-corrected chi connectivity index (χ1v) is 8.74. The average molecular weight is 344 g/mol. The van der Waals surface area contributed by atoms with Gasteiger partial charge in [-0.3, -0.25) is 9.59 Å². The lowest BCUT2D eigenvalue weighted by molar-refractivity contribution is -0.126. The average Bonchev–Trinajstić information content (AvgIpc) is 2.90. The van der Waals surface area contributed by atoms with Gasteiger partial charge < -0.3 is 9.52 Å². The highest BCUT2D eigenvalue weighted by Crippen LogP contribution is 2.34. The van der Waals surface area contributed by atoms with Crippen molar-refractivity contribution in [2.24, 2.45) is 10.8 Å². The molecular weight excluding hydrogens is 316 g/mol. The van der Waals surface area contributed by atoms with Crippen LogP contribution in [0.2, 0.25) is 0 Å². The van der Waals surface area contributed by atoms with E-state index >= 15 is 0 Å². The van der Waals surface area contributed by atoms with Crippen molar-refractivity contribution in [3.8, 4) is 0 Å². The van der Waals surface area contributed by atoms with E-state index in [4.69, 9.17) is 4.42 Å². The summed E-state index contributed by atoms with van der Waals surface area (Å²) in [6.07, 6.45) is 0.881. The van der Waals surface area contributed by atoms with Gasteiger partial charge in [0.15, 0.2) is 5.76 Å². The van der Waals surface area contributed by atoms with Crippen LogP contribution in [0.4, 0.5) is 0 Å². The molecule has 0 amide bonds. The van der Waals surface area contributed by atoms with E-state index in [0.717, 1.165) is 17.4 Å². The molecule has 1 heterocycles. The van der Waals surface area contributed by atoms with E-state index in [1.165, 1.54) is 0 Å². The molecule has 0 unspecified atom stereocenters. The molecule has 2 rings (SSSR count). The highest BCUT2D eigenvalue weighted by molar-refractivity contribution is 6.05. The van der Waals surface area contributed by atoms with Crippen LogP contribution in [-0.2, 0) is 17.8 Å². The van der Waals surface area contributed by atoms with E-state index in [9.17, 15) is 14.7 Å². The first kappa shape index (κ1) is 19.4. The highest BCUT2D eigenvalue weighted by Gasteiger charge is 2.33. The third-order valence-corrected chi connectivity index (χ3v) is 4.90. The Morgan fingerprint density at radius 2 is 1.76 bits per heavy atom. The van der Waals surface area contributed by atoms with Crippen LogP contribution in [0, 0.1) is 10.8 Å². The quantitative estimate of drug-likeness (QED) is 0.771. The third-order valence-electron chi connectivity index (χ3n) is 4.90. The van der Waals surface area contributed by atoms with Crippen molar-refractivity contribution in [3.05, 3.63) is 35.1 Å². The molecule has 0 saturated heterocycles. The van der Waals surface area contributed by atoms with E-state index in [2.05, 4.69) is 0 Å². The number of aliphatic hydroxyl groups is 1. The zero-order chi connectivity index (χ0) is 19.0. The van der Waals surface area contributed by atoms with E-state index in [-0.39, 0.29) is 30.4 Å². The lowest BCUT2D eigenvalue weighted by Crippen LogP contribution is -2.26. The van der Waals surface area contributed by atoms with Gasteiger partial charge in [0.1, 0.15) is 11.4 Å². The minimum Gasteiger partial charge on any atom is -0.453 e. The maximum Gasteiger partial charge on any atom is 0.203 e. The summed E-state index contributed by atoms with van der Waals surface area (Å²) >= 11 is 0. The number of benzene rings is 1. The number of Topliss-reactive ketones (excluding diaryl/α,β-unsaturated/α-hetero) is 2. The summed E-state index contributed by atoms with van der Waals surface area (Å²) in [6.45, 7) is 11.2. The Hall–Kier alpha value is -1.94. The van der Waals surface area contributed by atoms with Crippen LogP contribution in [0.3, 0.4) is 0 Å². The van der Waals surface area contributed by atoms with Crippen LogP contribution in [0.25, 0.3) is 11.0 Å². The Bertz CT molecular complexity index is 803. The van der Waals surface area contributed by atoms with Crippen LogP contribution in [0.15, 0.2) is 22.6 Å². The standard InChI is InChI=1S/C21H28O4/c1-7-21(5,6)17(23)11-15-14-10-13(12-22)8-9-16(14)25-18(15)19(24)20(2,3)4/h8-10,22H,7,11-12H2,1-6H3. The van der Waals surface area contributed by atoms with Crippen molar-refractivity contribution >= 4 is 22.5 Å². The molecule has 0 spiro atoms. The first-order chi connectivity index (χ1) is 11.5. The maximum absolute atomic E-state index is 12.9. The van der Waals surface area contributed by atoms with Crippen molar-refractivity contribution in [1.29, 1.82) is 0 Å². The molecule has 0 bridgehead atoms. The van der Waals surface area contributed by atoms with Crippen molar-refractivity contribution in [2.45, 2.75) is 61.0 Å². The second kappa shape index (κ2) is 6.75. The summed E-state index contributed by atoms with van der Waals surface area (Å²) in [7, 11) is 0. The Labute approximate surface area is 149 Å². The Balaban J connectivity index is 2.64. The fraction of sp³-hybridized carbons (Fsp3) is 0.524. The highest BCUT2D eigenvalue weighted by atomic mass is 16.3. The number of carbonyl (C=O) groups excluding carboxylic acids is 2. The second-order valence-corrected chi connectivity index (χ2v) is 8.31. The summed E-state index contributed by atoms with van der Waals surface area (Å²) < 4.78 is 5.85. The minimum atomic E-state index is -0.605. The van der Waals surface area contributed by atoms with Gasteiger partial charge in [0.2, 0.25) is 5.78 Å². The fourth-order valence-corrected chi connectivity index (χ4v) is 2.59. The molecule has 25 heavy (non-hydrogen) atoms. The van der Waals surface area contributed by atoms with Crippen molar-refractivity contribution < 1.29 is 19.1 Å². The number of aliphatic hydroxyl groups excluding tert-OH is 1. The van der Waals surface area contributed by atoms with Gasteiger partial charge in [0.05, 0.1) is 6.61 Å². The van der Waals surface area contributed by atoms with Gasteiger partial charge in [-0.1, -0.05) is 47.6 Å². The summed E-state index contributed by atoms with van der Waals surface area (Å²) in [5.74, 6) is 0.222. The van der Waals surface area contributed by atoms with E-state index in [0.29, 0.717) is 11.1 Å². The van der Waals surface area contributed by atoms with Crippen molar-refractivity contribution in [2.75, 3.05) is 0 Å². The molecule has 4 heteroatoms. The zero-order valence-electron chi connectivity index (χ0n) is 16.0. The van der Waals surface area contributed by atoms with Gasteiger partial charge in [-0.05, 0) is 24.1 Å². The van der Waals surface area contributed by atoms with Crippen LogP contribution < -0.4 is 0 Å². The monoisotopic (exact) mass is 344 g/mol. The maximum atomic E-state index is 12.9. The molecule has 0 aliphatic rings. The number of ketones is 2. The molecule has 1 aromatic heterocycles. The van der Waals surface area contributed by atoms with Gasteiger partial charge in [-0.15, -0.1) is 0 Å². The Kier molecular flexibility index (Phi) is 5.24.